The fraction of sp³-hybridized carbons (Fsp3) is 0.333. The number of anilines is 4. The maximum atomic E-state index is 13.1. The standard InChI is InChI=1S/C18H24BrN7O2S/c1-3-20-18(27)26-29(2,28)15-7-6-12-10-14(15)21-8-4-5-9-22-16-13(19)11-23-17(24-12)25-16/h6-7,10-11,21H,2-5,8-9H2,1H3,(H2,20,26,27,28)(H2,22,23,24,25). The molecule has 1 aliphatic rings. The van der Waals surface area contributed by atoms with Gasteiger partial charge in [0.05, 0.1) is 24.8 Å². The van der Waals surface area contributed by atoms with Crippen molar-refractivity contribution in [3.05, 3.63) is 28.9 Å². The van der Waals surface area contributed by atoms with Crippen molar-refractivity contribution in [2.45, 2.75) is 24.7 Å². The van der Waals surface area contributed by atoms with E-state index in [0.29, 0.717) is 29.6 Å². The van der Waals surface area contributed by atoms with Crippen molar-refractivity contribution in [3.8, 4) is 0 Å². The van der Waals surface area contributed by atoms with Crippen molar-refractivity contribution in [1.29, 1.82) is 0 Å². The molecule has 1 aromatic heterocycles. The molecule has 1 unspecified atom stereocenters. The van der Waals surface area contributed by atoms with E-state index in [0.717, 1.165) is 35.4 Å². The summed E-state index contributed by atoms with van der Waals surface area (Å²) in [4.78, 5) is 21.1. The molecule has 2 aromatic rings. The van der Waals surface area contributed by atoms with Crippen LogP contribution in [0, 0.1) is 0 Å². The Hall–Kier alpha value is -2.53. The van der Waals surface area contributed by atoms with Crippen molar-refractivity contribution in [3.63, 3.8) is 0 Å². The molecular weight excluding hydrogens is 458 g/mol. The number of halogens is 1. The lowest BCUT2D eigenvalue weighted by atomic mass is 10.2. The predicted octanol–water partition coefficient (Wildman–Crippen LogP) is 2.91. The largest absolute Gasteiger partial charge is 0.384 e. The third-order valence-corrected chi connectivity index (χ3v) is 6.30. The van der Waals surface area contributed by atoms with Crippen LogP contribution in [0.3, 0.4) is 0 Å². The number of fused-ring (bicyclic) bond motifs is 4. The Kier molecular flexibility index (Phi) is 6.80. The van der Waals surface area contributed by atoms with Crippen LogP contribution in [0.2, 0.25) is 0 Å². The number of aromatic nitrogens is 2. The number of carbonyl (C=O) groups is 1. The summed E-state index contributed by atoms with van der Waals surface area (Å²) in [6, 6.07) is 4.73. The molecule has 0 aliphatic carbocycles. The zero-order chi connectivity index (χ0) is 20.9. The molecule has 0 saturated heterocycles. The van der Waals surface area contributed by atoms with Crippen molar-refractivity contribution in [2.75, 3.05) is 35.6 Å². The number of nitrogens with one attached hydrogen (secondary N) is 5. The zero-order valence-corrected chi connectivity index (χ0v) is 18.5. The highest BCUT2D eigenvalue weighted by molar-refractivity contribution is 9.10. The highest BCUT2D eigenvalue weighted by Crippen LogP contribution is 2.28. The van der Waals surface area contributed by atoms with Crippen LogP contribution in [-0.4, -0.2) is 45.7 Å². The molecule has 0 radical (unpaired) electrons. The number of benzene rings is 1. The van der Waals surface area contributed by atoms with Crippen LogP contribution >= 0.6 is 15.9 Å². The highest BCUT2D eigenvalue weighted by atomic mass is 79.9. The Balaban J connectivity index is 1.94. The van der Waals surface area contributed by atoms with Crippen molar-refractivity contribution in [2.24, 2.45) is 0 Å². The molecule has 0 fully saturated rings. The maximum absolute atomic E-state index is 13.1. The lowest BCUT2D eigenvalue weighted by Crippen LogP contribution is -2.39. The van der Waals surface area contributed by atoms with E-state index >= 15 is 0 Å². The molecule has 0 spiro atoms. The van der Waals surface area contributed by atoms with Gasteiger partial charge in [0.25, 0.3) is 0 Å². The molecule has 11 heteroatoms. The van der Waals surface area contributed by atoms with Gasteiger partial charge < -0.3 is 21.3 Å². The molecule has 2 heterocycles. The van der Waals surface area contributed by atoms with Gasteiger partial charge in [-0.15, -0.1) is 0 Å². The molecule has 29 heavy (non-hydrogen) atoms. The number of hydrogen-bond acceptors (Lipinski definition) is 7. The van der Waals surface area contributed by atoms with Gasteiger partial charge in [-0.2, -0.15) is 4.98 Å². The van der Waals surface area contributed by atoms with Crippen molar-refractivity contribution in [1.82, 2.24) is 20.0 Å². The van der Waals surface area contributed by atoms with Gasteiger partial charge in [0.2, 0.25) is 5.95 Å². The molecule has 2 amide bonds. The summed E-state index contributed by atoms with van der Waals surface area (Å²) in [6.45, 7) is 3.65. The zero-order valence-electron chi connectivity index (χ0n) is 16.0. The second-order valence-corrected chi connectivity index (χ2v) is 9.27. The van der Waals surface area contributed by atoms with E-state index in [1.807, 2.05) is 6.07 Å². The van der Waals surface area contributed by atoms with E-state index in [9.17, 15) is 9.00 Å². The first-order valence-corrected chi connectivity index (χ1v) is 11.8. The first kappa shape index (κ1) is 21.2. The number of amides is 2. The summed E-state index contributed by atoms with van der Waals surface area (Å²) in [5, 5.41) is 12.3. The van der Waals surface area contributed by atoms with Gasteiger partial charge in [0, 0.05) is 31.5 Å². The summed E-state index contributed by atoms with van der Waals surface area (Å²) >= 11 is 3.45. The number of urea groups is 1. The van der Waals surface area contributed by atoms with Crippen LogP contribution in [0.1, 0.15) is 19.8 Å². The van der Waals surface area contributed by atoms with Gasteiger partial charge in [0.1, 0.15) is 5.82 Å². The van der Waals surface area contributed by atoms with Crippen LogP contribution in [0.5, 0.6) is 0 Å². The lowest BCUT2D eigenvalue weighted by Gasteiger charge is -2.18. The predicted molar refractivity (Wildman–Crippen MR) is 121 cm³/mol. The fourth-order valence-corrected chi connectivity index (χ4v) is 4.38. The summed E-state index contributed by atoms with van der Waals surface area (Å²) < 4.78 is 16.4. The van der Waals surface area contributed by atoms with Gasteiger partial charge in [-0.1, -0.05) is 0 Å². The van der Waals surface area contributed by atoms with E-state index in [1.54, 1.807) is 25.3 Å². The van der Waals surface area contributed by atoms with Gasteiger partial charge in [-0.3, -0.25) is 4.72 Å². The van der Waals surface area contributed by atoms with Gasteiger partial charge in [-0.05, 0) is 59.8 Å². The Morgan fingerprint density at radius 3 is 2.83 bits per heavy atom. The average Bonchev–Trinajstić information content (AvgIpc) is 2.67. The van der Waals surface area contributed by atoms with Gasteiger partial charge in [0.15, 0.2) is 0 Å². The molecule has 156 valence electrons. The average molecular weight is 482 g/mol. The molecule has 5 N–H and O–H groups in total. The number of nitrogens with zero attached hydrogens (tertiary/aromatic N) is 2. The Labute approximate surface area is 178 Å². The summed E-state index contributed by atoms with van der Waals surface area (Å²) in [5.41, 5.74) is 1.35. The Morgan fingerprint density at radius 1 is 1.31 bits per heavy atom. The molecule has 4 bridgehead atoms. The van der Waals surface area contributed by atoms with Gasteiger partial charge >= 0.3 is 6.03 Å². The second kappa shape index (κ2) is 9.31. The molecule has 3 rings (SSSR count). The van der Waals surface area contributed by atoms with Crippen LogP contribution in [-0.2, 0) is 9.71 Å². The van der Waals surface area contributed by atoms with E-state index in [1.165, 1.54) is 0 Å². The third kappa shape index (κ3) is 5.51. The topological polar surface area (TPSA) is 120 Å². The Morgan fingerprint density at radius 2 is 2.07 bits per heavy atom. The minimum atomic E-state index is -3.04. The van der Waals surface area contributed by atoms with Crippen LogP contribution < -0.4 is 26.0 Å². The number of rotatable bonds is 3. The molecule has 9 nitrogen and oxygen atoms in total. The third-order valence-electron chi connectivity index (χ3n) is 4.14. The quantitative estimate of drug-likeness (QED) is 0.427. The molecular formula is C18H24BrN7O2S. The SMILES string of the molecule is C=S(=O)(NC(=O)NCC)c1ccc2cc1NCCCCNc1nc(ncc1Br)N2. The molecule has 0 saturated carbocycles. The Bertz CT molecular complexity index is 998. The minimum absolute atomic E-state index is 0.429. The maximum Gasteiger partial charge on any atom is 0.326 e. The van der Waals surface area contributed by atoms with Gasteiger partial charge in [-0.25, -0.2) is 14.0 Å². The van der Waals surface area contributed by atoms with E-state index in [-0.39, 0.29) is 0 Å². The first-order chi connectivity index (χ1) is 13.9. The monoisotopic (exact) mass is 481 g/mol. The number of carbonyl (C=O) groups excluding carboxylic acids is 1. The highest BCUT2D eigenvalue weighted by Gasteiger charge is 2.17. The van der Waals surface area contributed by atoms with E-state index < -0.39 is 15.7 Å². The van der Waals surface area contributed by atoms with Crippen molar-refractivity contribution >= 4 is 60.7 Å². The summed E-state index contributed by atoms with van der Waals surface area (Å²) in [5.74, 6) is 4.91. The molecule has 1 aromatic carbocycles. The molecule has 1 atom stereocenters. The van der Waals surface area contributed by atoms with E-state index in [4.69, 9.17) is 0 Å². The normalized spacial score (nSPS) is 15.7. The summed E-state index contributed by atoms with van der Waals surface area (Å²) in [7, 11) is -3.04. The van der Waals surface area contributed by atoms with Crippen LogP contribution in [0.15, 0.2) is 33.8 Å². The van der Waals surface area contributed by atoms with E-state index in [2.05, 4.69) is 57.8 Å². The smallest absolute Gasteiger partial charge is 0.326 e. The first-order valence-electron chi connectivity index (χ1n) is 9.23. The second-order valence-electron chi connectivity index (χ2n) is 6.42. The van der Waals surface area contributed by atoms with Crippen LogP contribution in [0.4, 0.5) is 27.9 Å². The van der Waals surface area contributed by atoms with Crippen molar-refractivity contribution < 1.29 is 9.00 Å². The summed E-state index contributed by atoms with van der Waals surface area (Å²) in [6.07, 6.45) is 3.49. The number of hydrogen-bond donors (Lipinski definition) is 5. The van der Waals surface area contributed by atoms with Crippen LogP contribution in [0.25, 0.3) is 0 Å². The lowest BCUT2D eigenvalue weighted by molar-refractivity contribution is 0.246. The molecule has 1 aliphatic heterocycles. The fourth-order valence-electron chi connectivity index (χ4n) is 2.80. The minimum Gasteiger partial charge on any atom is -0.384 e.